The van der Waals surface area contributed by atoms with Gasteiger partial charge in [-0.2, -0.15) is 0 Å². The van der Waals surface area contributed by atoms with Gasteiger partial charge in [0.2, 0.25) is 0 Å². The van der Waals surface area contributed by atoms with E-state index in [-0.39, 0.29) is 0 Å². The lowest BCUT2D eigenvalue weighted by Gasteiger charge is -1.92. The molecule has 0 aliphatic carbocycles. The third kappa shape index (κ3) is 3.87. The van der Waals surface area contributed by atoms with E-state index in [9.17, 15) is 0 Å². The summed E-state index contributed by atoms with van der Waals surface area (Å²) in [6.07, 6.45) is 8.52. The van der Waals surface area contributed by atoms with E-state index < -0.39 is 0 Å². The van der Waals surface area contributed by atoms with Gasteiger partial charge in [-0.25, -0.2) is 0 Å². The summed E-state index contributed by atoms with van der Waals surface area (Å²) in [5.41, 5.74) is 0.630. The Balaban J connectivity index is 3.47. The van der Waals surface area contributed by atoms with E-state index in [1.54, 1.807) is 0 Å². The summed E-state index contributed by atoms with van der Waals surface area (Å²) in [4.78, 5) is 0. The fourth-order valence-electron chi connectivity index (χ4n) is 0.559. The molecule has 0 nitrogen and oxygen atoms in total. The van der Waals surface area contributed by atoms with Crippen LogP contribution in [0.3, 0.4) is 0 Å². The van der Waals surface area contributed by atoms with Crippen LogP contribution in [0.5, 0.6) is 0 Å². The largest absolute Gasteiger partial charge is 0.0914 e. The van der Waals surface area contributed by atoms with Gasteiger partial charge in [0.15, 0.2) is 0 Å². The van der Waals surface area contributed by atoms with Gasteiger partial charge in [-0.05, 0) is 19.4 Å². The molecule has 0 N–H and O–H groups in total. The molecule has 0 spiro atoms. The van der Waals surface area contributed by atoms with Gasteiger partial charge in [-0.3, -0.25) is 0 Å². The van der Waals surface area contributed by atoms with Gasteiger partial charge in [0, 0.05) is 10.2 Å². The van der Waals surface area contributed by atoms with Gasteiger partial charge >= 0.3 is 0 Å². The van der Waals surface area contributed by atoms with Crippen LogP contribution in [0.2, 0.25) is 5.54 Å². The van der Waals surface area contributed by atoms with Gasteiger partial charge in [0.25, 0.3) is 0 Å². The molecule has 0 aromatic heterocycles. The van der Waals surface area contributed by atoms with Crippen LogP contribution < -0.4 is 0 Å². The molecule has 0 aliphatic rings. The van der Waals surface area contributed by atoms with E-state index in [1.807, 2.05) is 24.1 Å². The first-order valence-electron chi connectivity index (χ1n) is 2.90. The second-order valence-corrected chi connectivity index (χ2v) is 2.66. The Hall–Kier alpha value is -0.303. The van der Waals surface area contributed by atoms with Gasteiger partial charge in [0.05, 0.1) is 0 Å². The summed E-state index contributed by atoms with van der Waals surface area (Å²) in [6, 6.07) is 0. The monoisotopic (exact) mass is 125 g/mol. The summed E-state index contributed by atoms with van der Waals surface area (Å²) < 4.78 is 0. The molecule has 0 saturated heterocycles. The summed E-state index contributed by atoms with van der Waals surface area (Å²) in [6.45, 7) is 4.09. The fraction of sp³-hybridized carbons (Fsp3) is 0.429. The third-order valence-corrected chi connectivity index (χ3v) is 1.42. The van der Waals surface area contributed by atoms with Crippen molar-refractivity contribution >= 4 is 10.2 Å². The molecule has 0 atom stereocenters. The molecular formula is C7H13Si. The van der Waals surface area contributed by atoms with Crippen LogP contribution in [0.1, 0.15) is 13.8 Å². The minimum absolute atomic E-state index is 0.630. The average Bonchev–Trinajstić information content (AvgIpc) is 1.68. The molecule has 0 unspecified atom stereocenters. The molecule has 0 bridgehead atoms. The first-order chi connectivity index (χ1) is 3.81. The quantitative estimate of drug-likeness (QED) is 0.388. The summed E-state index contributed by atoms with van der Waals surface area (Å²) in [5.74, 6) is 0. The van der Waals surface area contributed by atoms with Crippen molar-refractivity contribution in [3.8, 4) is 0 Å². The van der Waals surface area contributed by atoms with Crippen molar-refractivity contribution in [1.29, 1.82) is 0 Å². The SMILES string of the molecule is C/C=C\C([SiH2])/C=C\C. The maximum atomic E-state index is 2.18. The van der Waals surface area contributed by atoms with Crippen LogP contribution in [-0.2, 0) is 0 Å². The fourth-order valence-corrected chi connectivity index (χ4v) is 1.10. The highest BCUT2D eigenvalue weighted by molar-refractivity contribution is 6.14. The highest BCUT2D eigenvalue weighted by atomic mass is 28.1. The van der Waals surface area contributed by atoms with E-state index in [2.05, 4.69) is 24.3 Å². The van der Waals surface area contributed by atoms with Crippen LogP contribution in [0.25, 0.3) is 0 Å². The summed E-state index contributed by atoms with van der Waals surface area (Å²) >= 11 is 0. The smallest absolute Gasteiger partial charge is 0.0222 e. The highest BCUT2D eigenvalue weighted by Crippen LogP contribution is 2.00. The molecule has 0 aliphatic heterocycles. The Kier molecular flexibility index (Phi) is 4.66. The number of rotatable bonds is 2. The van der Waals surface area contributed by atoms with E-state index in [0.29, 0.717) is 5.54 Å². The molecule has 0 heterocycles. The minimum Gasteiger partial charge on any atom is -0.0914 e. The maximum Gasteiger partial charge on any atom is 0.0222 e. The lowest BCUT2D eigenvalue weighted by molar-refractivity contribution is 1.35. The molecule has 1 heteroatoms. The first-order valence-corrected chi connectivity index (χ1v) is 3.71. The number of hydrogen-bond acceptors (Lipinski definition) is 0. The van der Waals surface area contributed by atoms with Gasteiger partial charge in [-0.1, -0.05) is 24.3 Å². The molecule has 8 heavy (non-hydrogen) atoms. The van der Waals surface area contributed by atoms with Crippen LogP contribution >= 0.6 is 0 Å². The van der Waals surface area contributed by atoms with Crippen LogP contribution in [0, 0.1) is 0 Å². The number of allylic oxidation sites excluding steroid dienone is 4. The van der Waals surface area contributed by atoms with E-state index >= 15 is 0 Å². The normalized spacial score (nSPS) is 12.5. The minimum atomic E-state index is 0.630. The lowest BCUT2D eigenvalue weighted by Crippen LogP contribution is -1.77. The number of hydrogen-bond donors (Lipinski definition) is 0. The van der Waals surface area contributed by atoms with E-state index in [1.165, 1.54) is 0 Å². The van der Waals surface area contributed by atoms with Gasteiger partial charge < -0.3 is 0 Å². The van der Waals surface area contributed by atoms with Crippen molar-refractivity contribution in [1.82, 2.24) is 0 Å². The molecule has 0 saturated carbocycles. The third-order valence-electron chi connectivity index (χ3n) is 0.879. The Morgan fingerprint density at radius 2 is 1.50 bits per heavy atom. The molecule has 1 radical (unpaired) electrons. The standard InChI is InChI=1S/C7H13Si/c1-3-5-7(8)6-4-2/h3-7H,8H2,1-2H3/b5-3-,6-4-. The first kappa shape index (κ1) is 7.70. The second-order valence-electron chi connectivity index (χ2n) is 1.72. The van der Waals surface area contributed by atoms with Gasteiger partial charge in [-0.15, -0.1) is 0 Å². The topological polar surface area (TPSA) is 0 Å². The molecule has 0 aromatic rings. The zero-order chi connectivity index (χ0) is 6.41. The predicted octanol–water partition coefficient (Wildman–Crippen LogP) is 1.56. The Labute approximate surface area is 54.7 Å². The molecule has 0 aromatic carbocycles. The summed E-state index contributed by atoms with van der Waals surface area (Å²) in [5, 5.41) is 0. The molecule has 0 amide bonds. The summed E-state index contributed by atoms with van der Waals surface area (Å²) in [7, 11) is 1.98. The molecular weight excluding hydrogens is 112 g/mol. The Bertz CT molecular complexity index is 80.6. The van der Waals surface area contributed by atoms with Crippen molar-refractivity contribution in [2.24, 2.45) is 0 Å². The van der Waals surface area contributed by atoms with Crippen LogP contribution in [0.4, 0.5) is 0 Å². The molecule has 0 rings (SSSR count). The van der Waals surface area contributed by atoms with Crippen molar-refractivity contribution < 1.29 is 0 Å². The van der Waals surface area contributed by atoms with Crippen molar-refractivity contribution in [3.05, 3.63) is 24.3 Å². The predicted molar refractivity (Wildman–Crippen MR) is 41.9 cm³/mol. The highest BCUT2D eigenvalue weighted by Gasteiger charge is 1.83. The Morgan fingerprint density at radius 1 is 1.12 bits per heavy atom. The molecule has 0 fully saturated rings. The Morgan fingerprint density at radius 3 is 1.75 bits per heavy atom. The average molecular weight is 125 g/mol. The zero-order valence-corrected chi connectivity index (χ0v) is 7.01. The molecule has 45 valence electrons. The zero-order valence-electron chi connectivity index (χ0n) is 5.59. The van der Waals surface area contributed by atoms with E-state index in [0.717, 1.165) is 0 Å². The van der Waals surface area contributed by atoms with Crippen molar-refractivity contribution in [3.63, 3.8) is 0 Å². The van der Waals surface area contributed by atoms with Crippen molar-refractivity contribution in [2.45, 2.75) is 19.4 Å². The van der Waals surface area contributed by atoms with Crippen LogP contribution in [0.15, 0.2) is 24.3 Å². The van der Waals surface area contributed by atoms with Gasteiger partial charge in [0.1, 0.15) is 0 Å². The van der Waals surface area contributed by atoms with Crippen molar-refractivity contribution in [2.75, 3.05) is 0 Å². The maximum absolute atomic E-state index is 2.18. The lowest BCUT2D eigenvalue weighted by atomic mass is 10.3. The van der Waals surface area contributed by atoms with Crippen LogP contribution in [-0.4, -0.2) is 10.2 Å². The van der Waals surface area contributed by atoms with E-state index in [4.69, 9.17) is 0 Å². The second kappa shape index (κ2) is 4.85.